The molecule has 1 fully saturated rings. The summed E-state index contributed by atoms with van der Waals surface area (Å²) in [5, 5.41) is 3.11. The van der Waals surface area contributed by atoms with Gasteiger partial charge in [0.05, 0.1) is 0 Å². The quantitative estimate of drug-likeness (QED) is 0.848. The minimum absolute atomic E-state index is 0.0537. The molecule has 0 bridgehead atoms. The molecule has 2 unspecified atom stereocenters. The minimum Gasteiger partial charge on any atom is -0.319 e. The van der Waals surface area contributed by atoms with Crippen LogP contribution in [0.2, 0.25) is 0 Å². The van der Waals surface area contributed by atoms with Crippen LogP contribution >= 0.6 is 0 Å². The molecule has 2 rings (SSSR count). The van der Waals surface area contributed by atoms with Crippen LogP contribution in [0.3, 0.4) is 0 Å². The summed E-state index contributed by atoms with van der Waals surface area (Å²) >= 11 is 0. The van der Waals surface area contributed by atoms with Crippen LogP contribution in [0.5, 0.6) is 0 Å². The van der Waals surface area contributed by atoms with E-state index in [0.29, 0.717) is 5.56 Å². The Balaban J connectivity index is 2.35. The Morgan fingerprint density at radius 2 is 1.89 bits per heavy atom. The van der Waals surface area contributed by atoms with Crippen LogP contribution in [0.1, 0.15) is 24.9 Å². The highest BCUT2D eigenvalue weighted by molar-refractivity contribution is 5.24. The molecule has 2 atom stereocenters. The summed E-state index contributed by atoms with van der Waals surface area (Å²) < 4.78 is 39.8. The highest BCUT2D eigenvalue weighted by Crippen LogP contribution is 2.37. The molecule has 0 saturated carbocycles. The molecule has 1 N–H and O–H groups in total. The number of likely N-dealkylation sites (tertiary alicyclic amines) is 1. The summed E-state index contributed by atoms with van der Waals surface area (Å²) in [5.74, 6) is -3.33. The Labute approximate surface area is 111 Å². The van der Waals surface area contributed by atoms with E-state index in [4.69, 9.17) is 0 Å². The van der Waals surface area contributed by atoms with E-state index >= 15 is 0 Å². The van der Waals surface area contributed by atoms with Gasteiger partial charge in [0.2, 0.25) is 0 Å². The zero-order valence-corrected chi connectivity index (χ0v) is 11.2. The highest BCUT2D eigenvalue weighted by atomic mass is 19.2. The van der Waals surface area contributed by atoms with Crippen LogP contribution in [0.25, 0.3) is 0 Å². The van der Waals surface area contributed by atoms with E-state index in [1.807, 2.05) is 14.0 Å². The van der Waals surface area contributed by atoms with Gasteiger partial charge in [-0.3, -0.25) is 4.90 Å². The third kappa shape index (κ3) is 2.77. The van der Waals surface area contributed by atoms with Crippen LogP contribution in [0.4, 0.5) is 13.2 Å². The van der Waals surface area contributed by atoms with Crippen LogP contribution in [0, 0.1) is 23.4 Å². The fourth-order valence-corrected chi connectivity index (χ4v) is 2.99. The maximum absolute atomic E-state index is 13.4. The molecule has 1 aromatic rings. The summed E-state index contributed by atoms with van der Waals surface area (Å²) in [6.07, 6.45) is 0.972. The number of rotatable bonds is 4. The Kier molecular flexibility index (Phi) is 4.47. The molecule has 1 aliphatic heterocycles. The van der Waals surface area contributed by atoms with Gasteiger partial charge in [0.25, 0.3) is 0 Å². The number of benzene rings is 1. The lowest BCUT2D eigenvalue weighted by molar-refractivity contribution is 0.236. The maximum Gasteiger partial charge on any atom is 0.194 e. The predicted molar refractivity (Wildman–Crippen MR) is 68.3 cm³/mol. The van der Waals surface area contributed by atoms with Crippen molar-refractivity contribution in [2.24, 2.45) is 5.92 Å². The first-order valence-electron chi connectivity index (χ1n) is 6.61. The minimum atomic E-state index is -1.39. The van der Waals surface area contributed by atoms with E-state index in [1.54, 1.807) is 0 Å². The van der Waals surface area contributed by atoms with Crippen molar-refractivity contribution >= 4 is 0 Å². The SMILES string of the molecule is CCN1CCC(CNC)C1c1cc(F)c(F)c(F)c1. The molecule has 0 amide bonds. The molecule has 5 heteroatoms. The van der Waals surface area contributed by atoms with E-state index in [9.17, 15) is 13.2 Å². The van der Waals surface area contributed by atoms with Gasteiger partial charge in [-0.25, -0.2) is 13.2 Å². The van der Waals surface area contributed by atoms with Gasteiger partial charge < -0.3 is 5.32 Å². The molecular weight excluding hydrogens is 253 g/mol. The van der Waals surface area contributed by atoms with Crippen molar-refractivity contribution < 1.29 is 13.2 Å². The Morgan fingerprint density at radius 1 is 1.26 bits per heavy atom. The molecule has 19 heavy (non-hydrogen) atoms. The Hall–Kier alpha value is -1.07. The first-order valence-corrected chi connectivity index (χ1v) is 6.61. The second kappa shape index (κ2) is 5.92. The van der Waals surface area contributed by atoms with Crippen LogP contribution in [-0.2, 0) is 0 Å². The Bertz CT molecular complexity index is 427. The van der Waals surface area contributed by atoms with Crippen LogP contribution in [0.15, 0.2) is 12.1 Å². The topological polar surface area (TPSA) is 15.3 Å². The summed E-state index contributed by atoms with van der Waals surface area (Å²) in [7, 11) is 1.86. The van der Waals surface area contributed by atoms with Gasteiger partial charge in [0.1, 0.15) is 0 Å². The van der Waals surface area contributed by atoms with E-state index in [0.717, 1.165) is 38.2 Å². The lowest BCUT2D eigenvalue weighted by Gasteiger charge is -2.27. The van der Waals surface area contributed by atoms with E-state index in [-0.39, 0.29) is 12.0 Å². The molecule has 0 aliphatic carbocycles. The zero-order chi connectivity index (χ0) is 14.0. The van der Waals surface area contributed by atoms with Gasteiger partial charge in [-0.1, -0.05) is 6.92 Å². The van der Waals surface area contributed by atoms with Crippen molar-refractivity contribution in [3.8, 4) is 0 Å². The van der Waals surface area contributed by atoms with E-state index in [2.05, 4.69) is 10.2 Å². The molecule has 1 heterocycles. The predicted octanol–water partition coefficient (Wildman–Crippen LogP) is 2.71. The van der Waals surface area contributed by atoms with Crippen molar-refractivity contribution in [3.05, 3.63) is 35.1 Å². The van der Waals surface area contributed by atoms with Gasteiger partial charge in [0, 0.05) is 6.04 Å². The highest BCUT2D eigenvalue weighted by Gasteiger charge is 2.34. The van der Waals surface area contributed by atoms with Crippen molar-refractivity contribution in [1.82, 2.24) is 10.2 Å². The molecule has 0 spiro atoms. The van der Waals surface area contributed by atoms with Gasteiger partial charge in [-0.15, -0.1) is 0 Å². The Morgan fingerprint density at radius 3 is 2.42 bits per heavy atom. The number of nitrogens with one attached hydrogen (secondary N) is 1. The summed E-state index contributed by atoms with van der Waals surface area (Å²) in [6, 6.07) is 2.20. The van der Waals surface area contributed by atoms with Crippen molar-refractivity contribution in [2.75, 3.05) is 26.7 Å². The van der Waals surface area contributed by atoms with Gasteiger partial charge in [0.15, 0.2) is 17.5 Å². The molecule has 1 saturated heterocycles. The normalized spacial score (nSPS) is 24.1. The smallest absolute Gasteiger partial charge is 0.194 e. The second-order valence-electron chi connectivity index (χ2n) is 4.98. The summed E-state index contributed by atoms with van der Waals surface area (Å²) in [5.41, 5.74) is 0.524. The van der Waals surface area contributed by atoms with Crippen LogP contribution < -0.4 is 5.32 Å². The van der Waals surface area contributed by atoms with Crippen molar-refractivity contribution in [1.29, 1.82) is 0 Å². The number of hydrogen-bond donors (Lipinski definition) is 1. The van der Waals surface area contributed by atoms with Crippen molar-refractivity contribution in [3.63, 3.8) is 0 Å². The van der Waals surface area contributed by atoms with E-state index < -0.39 is 17.5 Å². The molecule has 2 nitrogen and oxygen atoms in total. The summed E-state index contributed by atoms with van der Waals surface area (Å²) in [6.45, 7) is 4.51. The second-order valence-corrected chi connectivity index (χ2v) is 4.98. The third-order valence-corrected chi connectivity index (χ3v) is 3.85. The van der Waals surface area contributed by atoms with Gasteiger partial charge >= 0.3 is 0 Å². The van der Waals surface area contributed by atoms with Gasteiger partial charge in [-0.2, -0.15) is 0 Å². The monoisotopic (exact) mass is 272 g/mol. The molecule has 1 aliphatic rings. The standard InChI is InChI=1S/C14H19F3N2/c1-3-19-5-4-9(8-18-2)14(19)10-6-11(15)13(17)12(16)7-10/h6-7,9,14,18H,3-5,8H2,1-2H3. The molecular formula is C14H19F3N2. The molecule has 106 valence electrons. The number of nitrogens with zero attached hydrogens (tertiary/aromatic N) is 1. The fourth-order valence-electron chi connectivity index (χ4n) is 2.99. The molecule has 0 radical (unpaired) electrons. The first-order chi connectivity index (χ1) is 9.08. The zero-order valence-electron chi connectivity index (χ0n) is 11.2. The largest absolute Gasteiger partial charge is 0.319 e. The molecule has 0 aromatic heterocycles. The van der Waals surface area contributed by atoms with Crippen LogP contribution in [-0.4, -0.2) is 31.6 Å². The lowest BCUT2D eigenvalue weighted by Crippen LogP contribution is -2.29. The van der Waals surface area contributed by atoms with Gasteiger partial charge in [-0.05, 0) is 56.7 Å². The number of hydrogen-bond acceptors (Lipinski definition) is 2. The van der Waals surface area contributed by atoms with Crippen molar-refractivity contribution in [2.45, 2.75) is 19.4 Å². The summed E-state index contributed by atoms with van der Waals surface area (Å²) in [4.78, 5) is 2.17. The third-order valence-electron chi connectivity index (χ3n) is 3.85. The lowest BCUT2D eigenvalue weighted by atomic mass is 9.93. The molecule has 1 aromatic carbocycles. The number of halogens is 3. The average Bonchev–Trinajstić information content (AvgIpc) is 2.78. The average molecular weight is 272 g/mol. The fraction of sp³-hybridized carbons (Fsp3) is 0.571. The maximum atomic E-state index is 13.4. The first kappa shape index (κ1) is 14.3. The van der Waals surface area contributed by atoms with E-state index in [1.165, 1.54) is 0 Å².